The summed E-state index contributed by atoms with van der Waals surface area (Å²) in [5, 5.41) is 0. The molecule has 1 atom stereocenters. The summed E-state index contributed by atoms with van der Waals surface area (Å²) in [7, 11) is -3.97. The van der Waals surface area contributed by atoms with Crippen LogP contribution in [-0.2, 0) is 32.5 Å². The Morgan fingerprint density at radius 1 is 1.03 bits per heavy atom. The molecule has 2 aromatic carbocycles. The molecule has 0 bridgehead atoms. The van der Waals surface area contributed by atoms with Crippen molar-refractivity contribution in [3.05, 3.63) is 58.1 Å². The van der Waals surface area contributed by atoms with Crippen LogP contribution in [0.25, 0.3) is 0 Å². The Balaban J connectivity index is 1.52. The molecule has 1 unspecified atom stereocenters. The highest BCUT2D eigenvalue weighted by atomic mass is 32.2. The standard InChI is InChI=1S/C23H26N2O4S/c1-14-9-15(2)22(16(3)10-14)25-13-19(12-21(25)26)23(27)24-30(28,29)20-8-7-17-5-4-6-18(17)11-20/h7-11,19H,4-6,12-13H2,1-3H3,(H,24,27). The van der Waals surface area contributed by atoms with Gasteiger partial charge in [0.05, 0.1) is 10.8 Å². The molecule has 1 aliphatic heterocycles. The first-order valence-corrected chi connectivity index (χ1v) is 11.7. The predicted molar refractivity (Wildman–Crippen MR) is 115 cm³/mol. The Hall–Kier alpha value is -2.67. The molecule has 2 aromatic rings. The molecule has 0 spiro atoms. The van der Waals surface area contributed by atoms with Gasteiger partial charge in [0.15, 0.2) is 0 Å². The molecule has 0 aromatic heterocycles. The number of rotatable bonds is 4. The lowest BCUT2D eigenvalue weighted by Crippen LogP contribution is -2.37. The monoisotopic (exact) mass is 426 g/mol. The topological polar surface area (TPSA) is 83.6 Å². The lowest BCUT2D eigenvalue weighted by molar-refractivity contribution is -0.124. The number of fused-ring (bicyclic) bond motifs is 1. The number of sulfonamides is 1. The summed E-state index contributed by atoms with van der Waals surface area (Å²) in [6.45, 7) is 6.05. The van der Waals surface area contributed by atoms with Crippen molar-refractivity contribution in [2.45, 2.75) is 51.3 Å². The third-order valence-electron chi connectivity index (χ3n) is 6.02. The van der Waals surface area contributed by atoms with Gasteiger partial charge in [0.2, 0.25) is 11.8 Å². The van der Waals surface area contributed by atoms with E-state index in [-0.39, 0.29) is 23.8 Å². The first kappa shape index (κ1) is 20.6. The SMILES string of the molecule is Cc1cc(C)c(N2CC(C(=O)NS(=O)(=O)c3ccc4c(c3)CCC4)CC2=O)c(C)c1. The van der Waals surface area contributed by atoms with E-state index in [4.69, 9.17) is 0 Å². The van der Waals surface area contributed by atoms with Crippen LogP contribution in [0.5, 0.6) is 0 Å². The zero-order valence-corrected chi connectivity index (χ0v) is 18.3. The van der Waals surface area contributed by atoms with Gasteiger partial charge in [-0.3, -0.25) is 9.59 Å². The number of amides is 2. The van der Waals surface area contributed by atoms with Crippen LogP contribution in [0, 0.1) is 26.7 Å². The van der Waals surface area contributed by atoms with Gasteiger partial charge in [-0.05, 0) is 74.4 Å². The van der Waals surface area contributed by atoms with E-state index in [1.54, 1.807) is 17.0 Å². The molecule has 0 saturated carbocycles. The molecule has 1 heterocycles. The van der Waals surface area contributed by atoms with Crippen LogP contribution in [0.2, 0.25) is 0 Å². The number of benzene rings is 2. The van der Waals surface area contributed by atoms with Crippen molar-refractivity contribution in [3.8, 4) is 0 Å². The molecule has 2 aliphatic rings. The highest BCUT2D eigenvalue weighted by Gasteiger charge is 2.37. The fourth-order valence-electron chi connectivity index (χ4n) is 4.69. The minimum atomic E-state index is -3.97. The van der Waals surface area contributed by atoms with Crippen molar-refractivity contribution in [2.24, 2.45) is 5.92 Å². The second-order valence-electron chi connectivity index (χ2n) is 8.41. The van der Waals surface area contributed by atoms with E-state index in [1.165, 1.54) is 5.56 Å². The van der Waals surface area contributed by atoms with Crippen molar-refractivity contribution in [1.82, 2.24) is 4.72 Å². The molecular weight excluding hydrogens is 400 g/mol. The molecule has 30 heavy (non-hydrogen) atoms. The molecular formula is C23H26N2O4S. The van der Waals surface area contributed by atoms with E-state index in [2.05, 4.69) is 4.72 Å². The Morgan fingerprint density at radius 2 is 1.70 bits per heavy atom. The van der Waals surface area contributed by atoms with Crippen molar-refractivity contribution in [1.29, 1.82) is 0 Å². The minimum absolute atomic E-state index is 0.00169. The highest BCUT2D eigenvalue weighted by Crippen LogP contribution is 2.32. The second kappa shape index (κ2) is 7.54. The van der Waals surface area contributed by atoms with Gasteiger partial charge in [0.25, 0.3) is 10.0 Å². The molecule has 7 heteroatoms. The Labute approximate surface area is 177 Å². The van der Waals surface area contributed by atoms with E-state index < -0.39 is 21.8 Å². The second-order valence-corrected chi connectivity index (χ2v) is 10.1. The molecule has 2 amide bonds. The van der Waals surface area contributed by atoms with Crippen LogP contribution < -0.4 is 9.62 Å². The van der Waals surface area contributed by atoms with Gasteiger partial charge in [-0.15, -0.1) is 0 Å². The Morgan fingerprint density at radius 3 is 2.40 bits per heavy atom. The van der Waals surface area contributed by atoms with Gasteiger partial charge in [-0.1, -0.05) is 23.8 Å². The number of nitrogens with zero attached hydrogens (tertiary/aromatic N) is 1. The Bertz CT molecular complexity index is 1130. The molecule has 0 radical (unpaired) electrons. The Kier molecular flexibility index (Phi) is 5.18. The number of aryl methyl sites for hydroxylation is 5. The number of nitrogens with one attached hydrogen (secondary N) is 1. The highest BCUT2D eigenvalue weighted by molar-refractivity contribution is 7.90. The lowest BCUT2D eigenvalue weighted by Gasteiger charge is -2.22. The smallest absolute Gasteiger partial charge is 0.264 e. The third-order valence-corrected chi connectivity index (χ3v) is 7.36. The van der Waals surface area contributed by atoms with Crippen LogP contribution in [0.4, 0.5) is 5.69 Å². The molecule has 6 nitrogen and oxygen atoms in total. The number of hydrogen-bond donors (Lipinski definition) is 1. The van der Waals surface area contributed by atoms with Gasteiger partial charge in [0.1, 0.15) is 0 Å². The summed E-state index contributed by atoms with van der Waals surface area (Å²) in [6.07, 6.45) is 2.83. The van der Waals surface area contributed by atoms with Crippen LogP contribution in [0.1, 0.15) is 40.7 Å². The van der Waals surface area contributed by atoms with E-state index in [0.29, 0.717) is 0 Å². The summed E-state index contributed by atoms with van der Waals surface area (Å²) in [5.41, 5.74) is 6.04. The summed E-state index contributed by atoms with van der Waals surface area (Å²) in [5.74, 6) is -1.50. The predicted octanol–water partition coefficient (Wildman–Crippen LogP) is 2.96. The van der Waals surface area contributed by atoms with Crippen LogP contribution in [-0.4, -0.2) is 26.8 Å². The third kappa shape index (κ3) is 3.74. The first-order chi connectivity index (χ1) is 14.2. The maximum absolute atomic E-state index is 12.7. The molecule has 1 fully saturated rings. The van der Waals surface area contributed by atoms with Crippen molar-refractivity contribution >= 4 is 27.5 Å². The minimum Gasteiger partial charge on any atom is -0.311 e. The number of carbonyl (C=O) groups is 2. The summed E-state index contributed by atoms with van der Waals surface area (Å²) < 4.78 is 27.7. The zero-order valence-electron chi connectivity index (χ0n) is 17.5. The van der Waals surface area contributed by atoms with E-state index in [9.17, 15) is 18.0 Å². The van der Waals surface area contributed by atoms with Crippen LogP contribution in [0.3, 0.4) is 0 Å². The van der Waals surface area contributed by atoms with Crippen molar-refractivity contribution in [3.63, 3.8) is 0 Å². The molecule has 1 aliphatic carbocycles. The number of carbonyl (C=O) groups excluding carboxylic acids is 2. The van der Waals surface area contributed by atoms with Gasteiger partial charge in [0, 0.05) is 18.7 Å². The fraction of sp³-hybridized carbons (Fsp3) is 0.391. The molecule has 1 N–H and O–H groups in total. The van der Waals surface area contributed by atoms with Crippen molar-refractivity contribution < 1.29 is 18.0 Å². The summed E-state index contributed by atoms with van der Waals surface area (Å²) in [6, 6.07) is 9.03. The largest absolute Gasteiger partial charge is 0.311 e. The quantitative estimate of drug-likeness (QED) is 0.815. The van der Waals surface area contributed by atoms with E-state index in [1.807, 2.05) is 39.0 Å². The molecule has 1 saturated heterocycles. The van der Waals surface area contributed by atoms with E-state index in [0.717, 1.165) is 47.2 Å². The summed E-state index contributed by atoms with van der Waals surface area (Å²) >= 11 is 0. The fourth-order valence-corrected chi connectivity index (χ4v) is 5.78. The molecule has 158 valence electrons. The van der Waals surface area contributed by atoms with Crippen LogP contribution in [0.15, 0.2) is 35.2 Å². The maximum Gasteiger partial charge on any atom is 0.264 e. The van der Waals surface area contributed by atoms with Gasteiger partial charge in [-0.25, -0.2) is 13.1 Å². The van der Waals surface area contributed by atoms with Gasteiger partial charge in [-0.2, -0.15) is 0 Å². The zero-order chi connectivity index (χ0) is 21.6. The normalized spacial score (nSPS) is 18.6. The molecule has 4 rings (SSSR count). The lowest BCUT2D eigenvalue weighted by atomic mass is 10.0. The summed E-state index contributed by atoms with van der Waals surface area (Å²) in [4.78, 5) is 27.1. The maximum atomic E-state index is 12.7. The van der Waals surface area contributed by atoms with Crippen LogP contribution >= 0.6 is 0 Å². The number of hydrogen-bond acceptors (Lipinski definition) is 4. The number of anilines is 1. The van der Waals surface area contributed by atoms with Gasteiger partial charge >= 0.3 is 0 Å². The average molecular weight is 427 g/mol. The van der Waals surface area contributed by atoms with Crippen molar-refractivity contribution in [2.75, 3.05) is 11.4 Å². The first-order valence-electron chi connectivity index (χ1n) is 10.2. The van der Waals surface area contributed by atoms with E-state index >= 15 is 0 Å². The average Bonchev–Trinajstić information content (AvgIpc) is 3.27. The van der Waals surface area contributed by atoms with Gasteiger partial charge < -0.3 is 4.90 Å².